The summed E-state index contributed by atoms with van der Waals surface area (Å²) in [6.07, 6.45) is 0. The number of nitrogens with zero attached hydrogens (tertiary/aromatic N) is 3. The minimum atomic E-state index is -0.358. The zero-order chi connectivity index (χ0) is 19.7. The first-order valence-corrected chi connectivity index (χ1v) is 9.65. The van der Waals surface area contributed by atoms with Crippen LogP contribution in [0.5, 0.6) is 0 Å². The number of hydrogen-bond donors (Lipinski definition) is 0. The number of hydrogen-bond acceptors (Lipinski definition) is 4. The van der Waals surface area contributed by atoms with Gasteiger partial charge < -0.3 is 4.90 Å². The zero-order valence-electron chi connectivity index (χ0n) is 16.2. The van der Waals surface area contributed by atoms with Crippen molar-refractivity contribution in [2.24, 2.45) is 0 Å². The molecule has 3 rings (SSSR count). The minimum absolute atomic E-state index is 0.0181. The van der Waals surface area contributed by atoms with Gasteiger partial charge in [0.1, 0.15) is 0 Å². The summed E-state index contributed by atoms with van der Waals surface area (Å²) in [4.78, 5) is 32.0. The average molecular weight is 382 g/mol. The van der Waals surface area contributed by atoms with Gasteiger partial charge in [0.2, 0.25) is 5.91 Å². The van der Waals surface area contributed by atoms with Crippen LogP contribution in [-0.2, 0) is 4.79 Å². The van der Waals surface area contributed by atoms with Gasteiger partial charge in [-0.1, -0.05) is 42.1 Å². The number of fused-ring (bicyclic) bond motifs is 1. The molecule has 0 saturated carbocycles. The molecule has 0 spiro atoms. The Morgan fingerprint density at radius 1 is 1.07 bits per heavy atom. The lowest BCUT2D eigenvalue weighted by molar-refractivity contribution is -0.127. The van der Waals surface area contributed by atoms with Crippen molar-refractivity contribution in [3.8, 4) is 5.69 Å². The first-order valence-electron chi connectivity index (χ1n) is 8.77. The number of carbonyl (C=O) groups excluding carboxylic acids is 1. The first-order chi connectivity index (χ1) is 12.8. The molecule has 1 heterocycles. The van der Waals surface area contributed by atoms with E-state index >= 15 is 0 Å². The van der Waals surface area contributed by atoms with E-state index in [1.807, 2.05) is 57.2 Å². The van der Waals surface area contributed by atoms with Gasteiger partial charge in [-0.05, 0) is 44.0 Å². The molecule has 0 fully saturated rings. The van der Waals surface area contributed by atoms with Crippen LogP contribution in [0.1, 0.15) is 18.1 Å². The second kappa shape index (κ2) is 7.56. The van der Waals surface area contributed by atoms with E-state index in [0.29, 0.717) is 16.1 Å². The molecule has 0 unspecified atom stereocenters. The maximum Gasteiger partial charge on any atom is 0.266 e. The third kappa shape index (κ3) is 3.62. The van der Waals surface area contributed by atoms with Gasteiger partial charge in [-0.3, -0.25) is 14.2 Å². The summed E-state index contributed by atoms with van der Waals surface area (Å²) >= 11 is 1.31. The van der Waals surface area contributed by atoms with Crippen molar-refractivity contribution in [3.63, 3.8) is 0 Å². The SMILES string of the molecule is Cc1cccc(C)c1-n1c(S[C@@H](C)C(=O)N(C)C)nc2ccccc2c1=O. The van der Waals surface area contributed by atoms with Crippen molar-refractivity contribution in [1.82, 2.24) is 14.5 Å². The number of aromatic nitrogens is 2. The summed E-state index contributed by atoms with van der Waals surface area (Å²) < 4.78 is 1.65. The lowest BCUT2D eigenvalue weighted by Crippen LogP contribution is -2.31. The highest BCUT2D eigenvalue weighted by Gasteiger charge is 2.22. The van der Waals surface area contributed by atoms with E-state index in [0.717, 1.165) is 16.8 Å². The molecule has 0 radical (unpaired) electrons. The fraction of sp³-hybridized carbons (Fsp3) is 0.286. The Labute approximate surface area is 163 Å². The summed E-state index contributed by atoms with van der Waals surface area (Å²) in [5.41, 5.74) is 3.32. The van der Waals surface area contributed by atoms with Gasteiger partial charge in [-0.25, -0.2) is 4.98 Å². The highest BCUT2D eigenvalue weighted by atomic mass is 32.2. The first kappa shape index (κ1) is 19.2. The molecule has 5 nitrogen and oxygen atoms in total. The van der Waals surface area contributed by atoms with Crippen molar-refractivity contribution >= 4 is 28.6 Å². The summed E-state index contributed by atoms with van der Waals surface area (Å²) in [5.74, 6) is -0.0181. The van der Waals surface area contributed by atoms with Crippen molar-refractivity contribution in [2.75, 3.05) is 14.1 Å². The molecule has 1 aromatic heterocycles. The van der Waals surface area contributed by atoms with Crippen molar-refractivity contribution in [3.05, 3.63) is 63.9 Å². The molecule has 27 heavy (non-hydrogen) atoms. The molecular weight excluding hydrogens is 358 g/mol. The molecule has 6 heteroatoms. The van der Waals surface area contributed by atoms with Crippen LogP contribution in [0.4, 0.5) is 0 Å². The second-order valence-corrected chi connectivity index (χ2v) is 8.09. The predicted molar refractivity (Wildman–Crippen MR) is 111 cm³/mol. The highest BCUT2D eigenvalue weighted by Crippen LogP contribution is 2.28. The zero-order valence-corrected chi connectivity index (χ0v) is 17.0. The normalized spacial score (nSPS) is 12.2. The Morgan fingerprint density at radius 3 is 2.33 bits per heavy atom. The van der Waals surface area contributed by atoms with Crippen LogP contribution in [-0.4, -0.2) is 39.7 Å². The van der Waals surface area contributed by atoms with Gasteiger partial charge in [0.05, 0.1) is 21.8 Å². The molecule has 140 valence electrons. The van der Waals surface area contributed by atoms with E-state index in [-0.39, 0.29) is 16.7 Å². The minimum Gasteiger partial charge on any atom is -0.348 e. The molecule has 0 bridgehead atoms. The van der Waals surface area contributed by atoms with Crippen molar-refractivity contribution < 1.29 is 4.79 Å². The molecule has 0 saturated heterocycles. The Morgan fingerprint density at radius 2 is 1.70 bits per heavy atom. The number of para-hydroxylation sites is 2. The van der Waals surface area contributed by atoms with Gasteiger partial charge >= 0.3 is 0 Å². The molecule has 0 aliphatic heterocycles. The largest absolute Gasteiger partial charge is 0.348 e. The number of rotatable bonds is 4. The summed E-state index contributed by atoms with van der Waals surface area (Å²) in [6.45, 7) is 5.79. The summed E-state index contributed by atoms with van der Waals surface area (Å²) in [6, 6.07) is 13.2. The molecule has 3 aromatic rings. The van der Waals surface area contributed by atoms with Crippen LogP contribution in [0.2, 0.25) is 0 Å². The van der Waals surface area contributed by atoms with Crippen LogP contribution >= 0.6 is 11.8 Å². The monoisotopic (exact) mass is 381 g/mol. The molecule has 1 atom stereocenters. The van der Waals surface area contributed by atoms with Crippen molar-refractivity contribution in [2.45, 2.75) is 31.2 Å². The van der Waals surface area contributed by atoms with Crippen LogP contribution in [0.3, 0.4) is 0 Å². The molecule has 0 aliphatic carbocycles. The van der Waals surface area contributed by atoms with E-state index in [2.05, 4.69) is 0 Å². The topological polar surface area (TPSA) is 55.2 Å². The Kier molecular flexibility index (Phi) is 5.37. The number of thioether (sulfide) groups is 1. The van der Waals surface area contributed by atoms with Crippen LogP contribution in [0.15, 0.2) is 52.4 Å². The lowest BCUT2D eigenvalue weighted by atomic mass is 10.1. The Hall–Kier alpha value is -2.60. The van der Waals surface area contributed by atoms with Gasteiger partial charge in [0, 0.05) is 14.1 Å². The van der Waals surface area contributed by atoms with Gasteiger partial charge in [0.15, 0.2) is 5.16 Å². The maximum absolute atomic E-state index is 13.4. The number of carbonyl (C=O) groups is 1. The third-order valence-corrected chi connectivity index (χ3v) is 5.52. The molecular formula is C21H23N3O2S. The average Bonchev–Trinajstić information content (AvgIpc) is 2.63. The van der Waals surface area contributed by atoms with E-state index in [9.17, 15) is 9.59 Å². The number of amides is 1. The lowest BCUT2D eigenvalue weighted by Gasteiger charge is -2.20. The Balaban J connectivity index is 2.29. The van der Waals surface area contributed by atoms with Gasteiger partial charge in [0.25, 0.3) is 5.56 Å². The smallest absolute Gasteiger partial charge is 0.266 e. The van der Waals surface area contributed by atoms with E-state index in [4.69, 9.17) is 4.98 Å². The Bertz CT molecular complexity index is 1050. The number of aryl methyl sites for hydroxylation is 2. The van der Waals surface area contributed by atoms with E-state index in [1.165, 1.54) is 11.8 Å². The van der Waals surface area contributed by atoms with E-state index < -0.39 is 0 Å². The fourth-order valence-corrected chi connectivity index (χ4v) is 4.18. The maximum atomic E-state index is 13.4. The standard InChI is InChI=1S/C21H23N3O2S/c1-13-9-8-10-14(2)18(13)24-20(26)16-11-6-7-12-17(16)22-21(24)27-15(3)19(25)23(4)5/h6-12,15H,1-5H3/t15-/m0/s1. The quantitative estimate of drug-likeness (QED) is 0.512. The third-order valence-electron chi connectivity index (χ3n) is 4.48. The number of benzene rings is 2. The van der Waals surface area contributed by atoms with Crippen molar-refractivity contribution in [1.29, 1.82) is 0 Å². The molecule has 1 amide bonds. The predicted octanol–water partition coefficient (Wildman–Crippen LogP) is 3.57. The molecule has 0 N–H and O–H groups in total. The van der Waals surface area contributed by atoms with Gasteiger partial charge in [-0.15, -0.1) is 0 Å². The highest BCUT2D eigenvalue weighted by molar-refractivity contribution is 8.00. The summed E-state index contributed by atoms with van der Waals surface area (Å²) in [7, 11) is 3.46. The van der Waals surface area contributed by atoms with Crippen LogP contribution in [0, 0.1) is 13.8 Å². The second-order valence-electron chi connectivity index (χ2n) is 6.79. The van der Waals surface area contributed by atoms with Crippen LogP contribution in [0.25, 0.3) is 16.6 Å². The van der Waals surface area contributed by atoms with Gasteiger partial charge in [-0.2, -0.15) is 0 Å². The summed E-state index contributed by atoms with van der Waals surface area (Å²) in [5, 5.41) is 0.735. The molecule has 2 aromatic carbocycles. The molecule has 0 aliphatic rings. The van der Waals surface area contributed by atoms with Crippen LogP contribution < -0.4 is 5.56 Å². The van der Waals surface area contributed by atoms with E-state index in [1.54, 1.807) is 29.6 Å². The fourth-order valence-electron chi connectivity index (χ4n) is 3.12.